The van der Waals surface area contributed by atoms with Crippen LogP contribution in [0.2, 0.25) is 0 Å². The number of sulfonamides is 1. The second-order valence-electron chi connectivity index (χ2n) is 5.09. The van der Waals surface area contributed by atoms with Gasteiger partial charge in [0, 0.05) is 29.5 Å². The number of carbonyl (C=O) groups excluding carboxylic acids is 1. The molecule has 0 spiro atoms. The highest BCUT2D eigenvalue weighted by molar-refractivity contribution is 7.89. The van der Waals surface area contributed by atoms with Gasteiger partial charge < -0.3 is 5.32 Å². The Morgan fingerprint density at radius 2 is 1.73 bits per heavy atom. The smallest absolute Gasteiger partial charge is 0.256 e. The van der Waals surface area contributed by atoms with Gasteiger partial charge >= 0.3 is 0 Å². The zero-order chi connectivity index (χ0) is 16.5. The summed E-state index contributed by atoms with van der Waals surface area (Å²) in [5.41, 5.74) is 1.21. The Bertz CT molecular complexity index is 791. The van der Waals surface area contributed by atoms with E-state index in [2.05, 4.69) is 5.32 Å². The van der Waals surface area contributed by atoms with Crippen LogP contribution in [0.4, 0.5) is 5.69 Å². The molecular weight excluding hydrogens is 320 g/mol. The SMILES string of the molecule is Cc1cc(C(=O)Nc2ccc(S(=O)(=O)N(C)C)cc2)c(C)s1. The normalized spacial score (nSPS) is 11.7. The van der Waals surface area contributed by atoms with Gasteiger partial charge in [0.05, 0.1) is 10.5 Å². The number of aryl methyl sites for hydroxylation is 2. The summed E-state index contributed by atoms with van der Waals surface area (Å²) in [5.74, 6) is -0.190. The van der Waals surface area contributed by atoms with Crippen molar-refractivity contribution in [3.05, 3.63) is 45.6 Å². The lowest BCUT2D eigenvalue weighted by Crippen LogP contribution is -2.22. The zero-order valence-electron chi connectivity index (χ0n) is 12.9. The molecule has 0 fully saturated rings. The van der Waals surface area contributed by atoms with Crippen molar-refractivity contribution in [1.29, 1.82) is 0 Å². The number of carbonyl (C=O) groups is 1. The molecule has 118 valence electrons. The Morgan fingerprint density at radius 1 is 1.14 bits per heavy atom. The Balaban J connectivity index is 2.19. The van der Waals surface area contributed by atoms with Crippen LogP contribution >= 0.6 is 11.3 Å². The van der Waals surface area contributed by atoms with Crippen LogP contribution in [0.25, 0.3) is 0 Å². The van der Waals surface area contributed by atoms with Crippen LogP contribution in [0.5, 0.6) is 0 Å². The fourth-order valence-electron chi connectivity index (χ4n) is 1.98. The van der Waals surface area contributed by atoms with E-state index >= 15 is 0 Å². The van der Waals surface area contributed by atoms with E-state index in [9.17, 15) is 13.2 Å². The number of anilines is 1. The largest absolute Gasteiger partial charge is 0.322 e. The molecule has 0 saturated heterocycles. The molecule has 0 aliphatic heterocycles. The molecule has 22 heavy (non-hydrogen) atoms. The average molecular weight is 338 g/mol. The summed E-state index contributed by atoms with van der Waals surface area (Å²) in [7, 11) is -0.498. The molecular formula is C15H18N2O3S2. The molecule has 1 amide bonds. The fraction of sp³-hybridized carbons (Fsp3) is 0.267. The zero-order valence-corrected chi connectivity index (χ0v) is 14.5. The van der Waals surface area contributed by atoms with E-state index < -0.39 is 10.0 Å². The van der Waals surface area contributed by atoms with Crippen molar-refractivity contribution in [3.63, 3.8) is 0 Å². The van der Waals surface area contributed by atoms with Gasteiger partial charge in [0.2, 0.25) is 10.0 Å². The number of nitrogens with one attached hydrogen (secondary N) is 1. The van der Waals surface area contributed by atoms with Crippen molar-refractivity contribution in [3.8, 4) is 0 Å². The number of nitrogens with zero attached hydrogens (tertiary/aromatic N) is 1. The van der Waals surface area contributed by atoms with Gasteiger partial charge in [-0.05, 0) is 44.2 Å². The Kier molecular flexibility index (Phi) is 4.69. The first-order chi connectivity index (χ1) is 10.2. The first-order valence-electron chi connectivity index (χ1n) is 6.63. The summed E-state index contributed by atoms with van der Waals surface area (Å²) in [6.45, 7) is 3.86. The quantitative estimate of drug-likeness (QED) is 0.932. The highest BCUT2D eigenvalue weighted by Crippen LogP contribution is 2.22. The Morgan fingerprint density at radius 3 is 2.18 bits per heavy atom. The number of hydrogen-bond donors (Lipinski definition) is 1. The number of benzene rings is 1. The van der Waals surface area contributed by atoms with Crippen molar-refractivity contribution in [2.45, 2.75) is 18.7 Å². The van der Waals surface area contributed by atoms with E-state index in [4.69, 9.17) is 0 Å². The minimum Gasteiger partial charge on any atom is -0.322 e. The van der Waals surface area contributed by atoms with Gasteiger partial charge in [0.1, 0.15) is 0 Å². The number of rotatable bonds is 4. The topological polar surface area (TPSA) is 66.5 Å². The number of hydrogen-bond acceptors (Lipinski definition) is 4. The molecule has 1 N–H and O–H groups in total. The minimum absolute atomic E-state index is 0.190. The second-order valence-corrected chi connectivity index (χ2v) is 8.71. The molecule has 1 aromatic carbocycles. The van der Waals surface area contributed by atoms with Gasteiger partial charge in [-0.1, -0.05) is 0 Å². The predicted octanol–water partition coefficient (Wildman–Crippen LogP) is 2.87. The third-order valence-corrected chi connectivity index (χ3v) is 5.97. The average Bonchev–Trinajstić information content (AvgIpc) is 2.78. The molecule has 1 aromatic heterocycles. The molecule has 7 heteroatoms. The fourth-order valence-corrected chi connectivity index (χ4v) is 3.80. The summed E-state index contributed by atoms with van der Waals surface area (Å²) in [4.78, 5) is 14.4. The Hall–Kier alpha value is -1.70. The molecule has 0 radical (unpaired) electrons. The van der Waals surface area contributed by atoms with Gasteiger partial charge in [-0.15, -0.1) is 11.3 Å². The molecule has 2 aromatic rings. The van der Waals surface area contributed by atoms with Crippen molar-refractivity contribution >= 4 is 33.0 Å². The van der Waals surface area contributed by atoms with E-state index in [1.165, 1.54) is 26.2 Å². The monoisotopic (exact) mass is 338 g/mol. The maximum atomic E-state index is 12.2. The number of thiophene rings is 1. The van der Waals surface area contributed by atoms with E-state index in [1.54, 1.807) is 23.5 Å². The van der Waals surface area contributed by atoms with Gasteiger partial charge in [-0.2, -0.15) is 0 Å². The van der Waals surface area contributed by atoms with Crippen molar-refractivity contribution in [2.24, 2.45) is 0 Å². The molecule has 5 nitrogen and oxygen atoms in total. The molecule has 0 unspecified atom stereocenters. The van der Waals surface area contributed by atoms with Crippen LogP contribution in [-0.2, 0) is 10.0 Å². The molecule has 0 aliphatic carbocycles. The highest BCUT2D eigenvalue weighted by atomic mass is 32.2. The van der Waals surface area contributed by atoms with E-state index in [1.807, 2.05) is 19.9 Å². The Labute approximate surface area is 134 Å². The van der Waals surface area contributed by atoms with Crippen LogP contribution < -0.4 is 5.32 Å². The number of amides is 1. The van der Waals surface area contributed by atoms with Gasteiger partial charge in [0.25, 0.3) is 5.91 Å². The van der Waals surface area contributed by atoms with Crippen LogP contribution in [0, 0.1) is 13.8 Å². The van der Waals surface area contributed by atoms with Crippen molar-refractivity contribution in [2.75, 3.05) is 19.4 Å². The lowest BCUT2D eigenvalue weighted by Gasteiger charge is -2.12. The van der Waals surface area contributed by atoms with Crippen LogP contribution in [-0.4, -0.2) is 32.7 Å². The maximum absolute atomic E-state index is 12.2. The van der Waals surface area contributed by atoms with Crippen LogP contribution in [0.15, 0.2) is 35.2 Å². The molecule has 1 heterocycles. The summed E-state index contributed by atoms with van der Waals surface area (Å²) in [6.07, 6.45) is 0. The lowest BCUT2D eigenvalue weighted by molar-refractivity contribution is 0.102. The highest BCUT2D eigenvalue weighted by Gasteiger charge is 2.17. The van der Waals surface area contributed by atoms with Crippen molar-refractivity contribution in [1.82, 2.24) is 4.31 Å². The van der Waals surface area contributed by atoms with E-state index in [0.717, 1.165) is 14.1 Å². The molecule has 2 rings (SSSR count). The van der Waals surface area contributed by atoms with Gasteiger partial charge in [0.15, 0.2) is 0 Å². The molecule has 0 bridgehead atoms. The summed E-state index contributed by atoms with van der Waals surface area (Å²) >= 11 is 1.57. The van der Waals surface area contributed by atoms with Gasteiger partial charge in [-0.3, -0.25) is 4.79 Å². The van der Waals surface area contributed by atoms with Gasteiger partial charge in [-0.25, -0.2) is 12.7 Å². The first kappa shape index (κ1) is 16.7. The molecule has 0 atom stereocenters. The van der Waals surface area contributed by atoms with Crippen LogP contribution in [0.3, 0.4) is 0 Å². The summed E-state index contributed by atoms with van der Waals surface area (Å²) in [5, 5.41) is 2.78. The maximum Gasteiger partial charge on any atom is 0.256 e. The van der Waals surface area contributed by atoms with Crippen LogP contribution in [0.1, 0.15) is 20.1 Å². The minimum atomic E-state index is -3.46. The third kappa shape index (κ3) is 3.37. The van der Waals surface area contributed by atoms with E-state index in [0.29, 0.717) is 11.3 Å². The molecule has 0 aliphatic rings. The van der Waals surface area contributed by atoms with E-state index in [-0.39, 0.29) is 10.8 Å². The van der Waals surface area contributed by atoms with Crippen molar-refractivity contribution < 1.29 is 13.2 Å². The second kappa shape index (κ2) is 6.20. The summed E-state index contributed by atoms with van der Waals surface area (Å²) < 4.78 is 25.1. The summed E-state index contributed by atoms with van der Waals surface area (Å²) in [6, 6.07) is 7.99. The first-order valence-corrected chi connectivity index (χ1v) is 8.88. The lowest BCUT2D eigenvalue weighted by atomic mass is 10.2. The third-order valence-electron chi connectivity index (χ3n) is 3.18. The predicted molar refractivity (Wildman–Crippen MR) is 89.1 cm³/mol. The standard InChI is InChI=1S/C15H18N2O3S2/c1-10-9-14(11(2)21-10)15(18)16-12-5-7-13(8-6-12)22(19,20)17(3)4/h5-9H,1-4H3,(H,16,18). The molecule has 0 saturated carbocycles.